The lowest BCUT2D eigenvalue weighted by atomic mass is 10.1. The van der Waals surface area contributed by atoms with Gasteiger partial charge in [0.1, 0.15) is 18.0 Å². The number of aromatic nitrogens is 1. The number of fused-ring (bicyclic) bond motifs is 3. The standard InChI is InChI=1S/C35H43Br2NO6/c1-35(2,3)44-34(39)14-16-40-17-18-41-19-20-42-21-22-43-29-9-6-8-26(23-29)7-4-5-15-38-32-12-10-27(36)24-30(32)31-25-28(37)11-13-33(31)38/h6,8-13,23-25H,4-5,7,14-22H2,1-3H3. The largest absolute Gasteiger partial charge is 0.491 e. The third-order valence-electron chi connectivity index (χ3n) is 6.90. The molecule has 0 unspecified atom stereocenters. The van der Waals surface area contributed by atoms with Gasteiger partial charge in [-0.25, -0.2) is 0 Å². The van der Waals surface area contributed by atoms with Crippen molar-refractivity contribution in [2.24, 2.45) is 0 Å². The van der Waals surface area contributed by atoms with E-state index in [4.69, 9.17) is 23.7 Å². The summed E-state index contributed by atoms with van der Waals surface area (Å²) in [7, 11) is 0. The molecular formula is C35H43Br2NO6. The predicted octanol–water partition coefficient (Wildman–Crippen LogP) is 8.50. The van der Waals surface area contributed by atoms with Crippen LogP contribution in [0.3, 0.4) is 0 Å². The van der Waals surface area contributed by atoms with E-state index in [-0.39, 0.29) is 12.4 Å². The summed E-state index contributed by atoms with van der Waals surface area (Å²) in [4.78, 5) is 11.6. The van der Waals surface area contributed by atoms with Crippen LogP contribution < -0.4 is 4.74 Å². The first-order chi connectivity index (χ1) is 21.2. The second-order valence-electron chi connectivity index (χ2n) is 11.6. The lowest BCUT2D eigenvalue weighted by Crippen LogP contribution is -2.24. The Morgan fingerprint density at radius 1 is 0.727 bits per heavy atom. The molecule has 4 aromatic rings. The smallest absolute Gasteiger partial charge is 0.308 e. The molecule has 0 atom stereocenters. The fourth-order valence-corrected chi connectivity index (χ4v) is 5.71. The quantitative estimate of drug-likeness (QED) is 0.0755. The van der Waals surface area contributed by atoms with Crippen molar-refractivity contribution in [2.75, 3.05) is 46.2 Å². The molecule has 0 radical (unpaired) electrons. The van der Waals surface area contributed by atoms with E-state index in [1.165, 1.54) is 27.4 Å². The maximum absolute atomic E-state index is 11.6. The van der Waals surface area contributed by atoms with Gasteiger partial charge in [0.25, 0.3) is 0 Å². The zero-order valence-corrected chi connectivity index (χ0v) is 29.1. The number of hydrogen-bond donors (Lipinski definition) is 0. The predicted molar refractivity (Wildman–Crippen MR) is 183 cm³/mol. The Morgan fingerprint density at radius 2 is 1.32 bits per heavy atom. The maximum atomic E-state index is 11.6. The van der Waals surface area contributed by atoms with Crippen LogP contribution in [0.25, 0.3) is 21.8 Å². The van der Waals surface area contributed by atoms with Crippen LogP contribution in [-0.4, -0.2) is 62.4 Å². The van der Waals surface area contributed by atoms with Crippen LogP contribution in [-0.2, 0) is 36.7 Å². The molecular weight excluding hydrogens is 690 g/mol. The van der Waals surface area contributed by atoms with E-state index >= 15 is 0 Å². The summed E-state index contributed by atoms with van der Waals surface area (Å²) in [5.74, 6) is 0.611. The second-order valence-corrected chi connectivity index (χ2v) is 13.4. The van der Waals surface area contributed by atoms with Gasteiger partial charge in [-0.1, -0.05) is 44.0 Å². The van der Waals surface area contributed by atoms with Gasteiger partial charge in [0.15, 0.2) is 0 Å². The highest BCUT2D eigenvalue weighted by molar-refractivity contribution is 9.10. The monoisotopic (exact) mass is 731 g/mol. The number of carbonyl (C=O) groups is 1. The number of nitrogens with zero attached hydrogens (tertiary/aromatic N) is 1. The first-order valence-electron chi connectivity index (χ1n) is 15.2. The molecule has 0 aliphatic rings. The van der Waals surface area contributed by atoms with E-state index in [2.05, 4.69) is 91.0 Å². The van der Waals surface area contributed by atoms with Crippen molar-refractivity contribution in [3.8, 4) is 5.75 Å². The third kappa shape index (κ3) is 11.2. The highest BCUT2D eigenvalue weighted by atomic mass is 79.9. The Morgan fingerprint density at radius 3 is 1.93 bits per heavy atom. The summed E-state index contributed by atoms with van der Waals surface area (Å²) < 4.78 is 32.3. The van der Waals surface area contributed by atoms with Crippen LogP contribution in [0.2, 0.25) is 0 Å². The summed E-state index contributed by atoms with van der Waals surface area (Å²) in [6, 6.07) is 21.4. The first kappa shape index (κ1) is 34.4. The molecule has 4 rings (SSSR count). The number of esters is 1. The zero-order valence-electron chi connectivity index (χ0n) is 25.9. The molecule has 0 spiro atoms. The van der Waals surface area contributed by atoms with Gasteiger partial charge < -0.3 is 28.3 Å². The van der Waals surface area contributed by atoms with E-state index in [0.717, 1.165) is 40.5 Å². The molecule has 0 N–H and O–H groups in total. The number of halogens is 2. The minimum Gasteiger partial charge on any atom is -0.491 e. The van der Waals surface area contributed by atoms with Gasteiger partial charge in [0.2, 0.25) is 0 Å². The van der Waals surface area contributed by atoms with Gasteiger partial charge >= 0.3 is 5.97 Å². The molecule has 1 heterocycles. The number of ether oxygens (including phenoxy) is 5. The van der Waals surface area contributed by atoms with Gasteiger partial charge in [-0.15, -0.1) is 0 Å². The summed E-state index contributed by atoms with van der Waals surface area (Å²) in [5.41, 5.74) is 3.35. The van der Waals surface area contributed by atoms with E-state index in [1.54, 1.807) is 0 Å². The summed E-state index contributed by atoms with van der Waals surface area (Å²) in [6.07, 6.45) is 3.42. The zero-order chi connectivity index (χ0) is 31.4. The molecule has 3 aromatic carbocycles. The molecule has 238 valence electrons. The van der Waals surface area contributed by atoms with E-state index in [1.807, 2.05) is 26.8 Å². The summed E-state index contributed by atoms with van der Waals surface area (Å²) in [6.45, 7) is 9.67. The maximum Gasteiger partial charge on any atom is 0.308 e. The second kappa shape index (κ2) is 17.3. The number of unbranched alkanes of at least 4 members (excludes halogenated alkanes) is 1. The van der Waals surface area contributed by atoms with Crippen molar-refractivity contribution in [1.29, 1.82) is 0 Å². The normalized spacial score (nSPS) is 11.8. The Balaban J connectivity index is 1.08. The van der Waals surface area contributed by atoms with Gasteiger partial charge in [-0.3, -0.25) is 4.79 Å². The number of aryl methyl sites for hydroxylation is 2. The molecule has 0 saturated heterocycles. The van der Waals surface area contributed by atoms with Crippen LogP contribution in [0.4, 0.5) is 0 Å². The number of hydrogen-bond acceptors (Lipinski definition) is 6. The van der Waals surface area contributed by atoms with Crippen molar-refractivity contribution >= 4 is 59.6 Å². The first-order valence-corrected chi connectivity index (χ1v) is 16.8. The van der Waals surface area contributed by atoms with E-state index in [9.17, 15) is 4.79 Å². The molecule has 9 heteroatoms. The van der Waals surface area contributed by atoms with Crippen molar-refractivity contribution < 1.29 is 28.5 Å². The van der Waals surface area contributed by atoms with E-state index in [0.29, 0.717) is 46.2 Å². The summed E-state index contributed by atoms with van der Waals surface area (Å²) in [5, 5.41) is 2.55. The van der Waals surface area contributed by atoms with Gasteiger partial charge in [-0.05, 0) is 94.1 Å². The SMILES string of the molecule is CC(C)(C)OC(=O)CCOCCOCCOCCOc1cccc(CCCCn2c3ccc(Br)cc3c3cc(Br)ccc32)c1. The molecule has 0 saturated carbocycles. The number of rotatable bonds is 18. The van der Waals surface area contributed by atoms with Gasteiger partial charge in [0.05, 0.1) is 46.1 Å². The fraction of sp³-hybridized carbons (Fsp3) is 0.457. The minimum absolute atomic E-state index is 0.240. The Kier molecular flexibility index (Phi) is 13.6. The molecule has 0 bridgehead atoms. The van der Waals surface area contributed by atoms with Crippen LogP contribution in [0.1, 0.15) is 45.6 Å². The van der Waals surface area contributed by atoms with Crippen LogP contribution >= 0.6 is 31.9 Å². The van der Waals surface area contributed by atoms with Crippen molar-refractivity contribution in [2.45, 2.75) is 58.6 Å². The Bertz CT molecular complexity index is 1440. The van der Waals surface area contributed by atoms with Crippen LogP contribution in [0.15, 0.2) is 69.6 Å². The molecule has 1 aromatic heterocycles. The fourth-order valence-electron chi connectivity index (χ4n) is 4.99. The van der Waals surface area contributed by atoms with Gasteiger partial charge in [-0.2, -0.15) is 0 Å². The molecule has 0 amide bonds. The molecule has 0 fully saturated rings. The van der Waals surface area contributed by atoms with E-state index < -0.39 is 5.60 Å². The van der Waals surface area contributed by atoms with Crippen molar-refractivity contribution in [3.05, 3.63) is 75.2 Å². The van der Waals surface area contributed by atoms with Crippen molar-refractivity contribution in [1.82, 2.24) is 4.57 Å². The number of benzene rings is 3. The average Bonchev–Trinajstić information content (AvgIpc) is 3.26. The Hall–Kier alpha value is -2.43. The molecule has 7 nitrogen and oxygen atoms in total. The molecule has 0 aliphatic carbocycles. The van der Waals surface area contributed by atoms with Crippen LogP contribution in [0.5, 0.6) is 5.75 Å². The highest BCUT2D eigenvalue weighted by Crippen LogP contribution is 2.33. The molecule has 44 heavy (non-hydrogen) atoms. The summed E-state index contributed by atoms with van der Waals surface area (Å²) >= 11 is 7.27. The Labute approximate surface area is 277 Å². The van der Waals surface area contributed by atoms with Crippen LogP contribution in [0, 0.1) is 0 Å². The third-order valence-corrected chi connectivity index (χ3v) is 7.88. The average molecular weight is 734 g/mol. The highest BCUT2D eigenvalue weighted by Gasteiger charge is 2.15. The minimum atomic E-state index is -0.469. The molecule has 0 aliphatic heterocycles. The lowest BCUT2D eigenvalue weighted by molar-refractivity contribution is -0.156. The number of carbonyl (C=O) groups excluding carboxylic acids is 1. The van der Waals surface area contributed by atoms with Crippen molar-refractivity contribution in [3.63, 3.8) is 0 Å². The topological polar surface area (TPSA) is 68.2 Å². The van der Waals surface area contributed by atoms with Gasteiger partial charge in [0, 0.05) is 37.3 Å². The lowest BCUT2D eigenvalue weighted by Gasteiger charge is -2.19.